The number of rotatable bonds is 5. The minimum Gasteiger partial charge on any atom is -0.391 e. The quantitative estimate of drug-likeness (QED) is 0.737. The average molecular weight is 243 g/mol. The zero-order valence-electron chi connectivity index (χ0n) is 9.49. The Hall–Kier alpha value is -1.14. The molecule has 0 saturated heterocycles. The van der Waals surface area contributed by atoms with Crippen LogP contribution in [0.2, 0.25) is 0 Å². The number of carbonyl (C=O) groups excluding carboxylic acids is 1. The van der Waals surface area contributed by atoms with Crippen LogP contribution >= 0.6 is 11.3 Å². The van der Waals surface area contributed by atoms with Crippen molar-refractivity contribution in [2.24, 2.45) is 0 Å². The maximum absolute atomic E-state index is 11.4. The lowest BCUT2D eigenvalue weighted by Gasteiger charge is -2.10. The van der Waals surface area contributed by atoms with Gasteiger partial charge in [0.05, 0.1) is 6.10 Å². The Morgan fingerprint density at radius 2 is 2.44 bits per heavy atom. The summed E-state index contributed by atoms with van der Waals surface area (Å²) in [4.78, 5) is 16.4. The Labute approximate surface area is 98.9 Å². The van der Waals surface area contributed by atoms with Gasteiger partial charge >= 0.3 is 6.03 Å². The lowest BCUT2D eigenvalue weighted by atomic mass is 10.2. The highest BCUT2D eigenvalue weighted by Crippen LogP contribution is 2.15. The SMILES string of the molecule is CCCC(O)CNC(=O)Nc1ncc(C)s1. The molecule has 3 N–H and O–H groups in total. The third-order valence-electron chi connectivity index (χ3n) is 1.96. The van der Waals surface area contributed by atoms with Crippen molar-refractivity contribution >= 4 is 22.5 Å². The first-order valence-corrected chi connectivity index (χ1v) is 6.08. The number of aliphatic hydroxyl groups is 1. The fraction of sp³-hybridized carbons (Fsp3) is 0.600. The average Bonchev–Trinajstić information content (AvgIpc) is 2.61. The van der Waals surface area contributed by atoms with E-state index in [-0.39, 0.29) is 12.6 Å². The summed E-state index contributed by atoms with van der Waals surface area (Å²) < 4.78 is 0. The standard InChI is InChI=1S/C10H17N3O2S/c1-3-4-8(14)6-11-9(15)13-10-12-5-7(2)16-10/h5,8,14H,3-4,6H2,1-2H3,(H2,11,12,13,15). The maximum Gasteiger partial charge on any atom is 0.321 e. The fourth-order valence-electron chi connectivity index (χ4n) is 1.20. The number of anilines is 1. The second-order valence-corrected chi connectivity index (χ2v) is 4.79. The van der Waals surface area contributed by atoms with Crippen LogP contribution in [0.4, 0.5) is 9.93 Å². The molecule has 0 aliphatic carbocycles. The van der Waals surface area contributed by atoms with E-state index in [0.29, 0.717) is 11.6 Å². The Balaban J connectivity index is 2.26. The van der Waals surface area contributed by atoms with Gasteiger partial charge in [0.25, 0.3) is 0 Å². The molecule has 0 radical (unpaired) electrons. The molecule has 1 atom stereocenters. The number of thiazole rings is 1. The fourth-order valence-corrected chi connectivity index (χ4v) is 1.86. The molecule has 0 aromatic carbocycles. The number of aryl methyl sites for hydroxylation is 1. The van der Waals surface area contributed by atoms with E-state index in [1.54, 1.807) is 6.20 Å². The van der Waals surface area contributed by atoms with Crippen LogP contribution in [0.3, 0.4) is 0 Å². The van der Waals surface area contributed by atoms with Crippen LogP contribution in [0.25, 0.3) is 0 Å². The first kappa shape index (κ1) is 12.9. The zero-order chi connectivity index (χ0) is 12.0. The van der Waals surface area contributed by atoms with Crippen molar-refractivity contribution in [1.29, 1.82) is 0 Å². The van der Waals surface area contributed by atoms with Gasteiger partial charge in [-0.25, -0.2) is 9.78 Å². The summed E-state index contributed by atoms with van der Waals surface area (Å²) in [7, 11) is 0. The van der Waals surface area contributed by atoms with Crippen molar-refractivity contribution in [1.82, 2.24) is 10.3 Å². The molecule has 0 saturated carbocycles. The highest BCUT2D eigenvalue weighted by atomic mass is 32.1. The molecule has 1 rings (SSSR count). The Morgan fingerprint density at radius 3 is 3.00 bits per heavy atom. The van der Waals surface area contributed by atoms with Crippen LogP contribution in [0.5, 0.6) is 0 Å². The Kier molecular flexibility index (Phi) is 5.21. The summed E-state index contributed by atoms with van der Waals surface area (Å²) in [6, 6.07) is -0.329. The number of amides is 2. The van der Waals surface area contributed by atoms with Crippen molar-refractivity contribution in [3.05, 3.63) is 11.1 Å². The molecule has 0 fully saturated rings. The van der Waals surface area contributed by atoms with Gasteiger partial charge in [-0.2, -0.15) is 0 Å². The van der Waals surface area contributed by atoms with Crippen LogP contribution in [-0.4, -0.2) is 28.8 Å². The van der Waals surface area contributed by atoms with Crippen LogP contribution in [0.15, 0.2) is 6.20 Å². The van der Waals surface area contributed by atoms with Crippen molar-refractivity contribution in [2.45, 2.75) is 32.8 Å². The molecular weight excluding hydrogens is 226 g/mol. The smallest absolute Gasteiger partial charge is 0.321 e. The van der Waals surface area contributed by atoms with Gasteiger partial charge in [0, 0.05) is 17.6 Å². The highest BCUT2D eigenvalue weighted by molar-refractivity contribution is 7.15. The van der Waals surface area contributed by atoms with Crippen molar-refractivity contribution < 1.29 is 9.90 Å². The summed E-state index contributed by atoms with van der Waals surface area (Å²) in [5.74, 6) is 0. The molecule has 0 aliphatic rings. The molecule has 1 unspecified atom stereocenters. The van der Waals surface area contributed by atoms with Crippen LogP contribution in [0.1, 0.15) is 24.6 Å². The molecule has 5 nitrogen and oxygen atoms in total. The van der Waals surface area contributed by atoms with Crippen molar-refractivity contribution in [3.8, 4) is 0 Å². The molecule has 1 aromatic rings. The van der Waals surface area contributed by atoms with E-state index in [1.165, 1.54) is 11.3 Å². The number of aromatic nitrogens is 1. The predicted molar refractivity (Wildman–Crippen MR) is 64.8 cm³/mol. The Bertz CT molecular complexity index is 341. The third-order valence-corrected chi connectivity index (χ3v) is 2.79. The van der Waals surface area contributed by atoms with Gasteiger partial charge in [-0.1, -0.05) is 13.3 Å². The van der Waals surface area contributed by atoms with E-state index in [9.17, 15) is 9.90 Å². The first-order chi connectivity index (χ1) is 7.61. The predicted octanol–water partition coefficient (Wildman–Crippen LogP) is 1.73. The second-order valence-electron chi connectivity index (χ2n) is 3.55. The number of hydrogen-bond donors (Lipinski definition) is 3. The monoisotopic (exact) mass is 243 g/mol. The number of carbonyl (C=O) groups is 1. The van der Waals surface area contributed by atoms with E-state index in [1.807, 2.05) is 13.8 Å². The summed E-state index contributed by atoms with van der Waals surface area (Å²) in [5.41, 5.74) is 0. The summed E-state index contributed by atoms with van der Waals surface area (Å²) in [6.07, 6.45) is 2.81. The second kappa shape index (κ2) is 6.44. The highest BCUT2D eigenvalue weighted by Gasteiger charge is 2.07. The normalized spacial score (nSPS) is 12.2. The third kappa shape index (κ3) is 4.59. The van der Waals surface area contributed by atoms with E-state index in [2.05, 4.69) is 15.6 Å². The lowest BCUT2D eigenvalue weighted by Crippen LogP contribution is -2.35. The molecule has 0 aliphatic heterocycles. The number of aliphatic hydroxyl groups excluding tert-OH is 1. The molecule has 0 spiro atoms. The minimum atomic E-state index is -0.478. The van der Waals surface area contributed by atoms with Gasteiger partial charge < -0.3 is 10.4 Å². The number of hydrogen-bond acceptors (Lipinski definition) is 4. The van der Waals surface area contributed by atoms with Gasteiger partial charge in [-0.05, 0) is 13.3 Å². The largest absolute Gasteiger partial charge is 0.391 e. The lowest BCUT2D eigenvalue weighted by molar-refractivity contribution is 0.162. The number of urea groups is 1. The van der Waals surface area contributed by atoms with Crippen LogP contribution < -0.4 is 10.6 Å². The summed E-state index contributed by atoms with van der Waals surface area (Å²) in [6.45, 7) is 4.18. The van der Waals surface area contributed by atoms with Gasteiger partial charge in [-0.15, -0.1) is 11.3 Å². The van der Waals surface area contributed by atoms with Crippen molar-refractivity contribution in [3.63, 3.8) is 0 Å². The molecule has 6 heteroatoms. The minimum absolute atomic E-state index is 0.268. The van der Waals surface area contributed by atoms with E-state index in [4.69, 9.17) is 0 Å². The number of nitrogens with one attached hydrogen (secondary N) is 2. The van der Waals surface area contributed by atoms with Crippen molar-refractivity contribution in [2.75, 3.05) is 11.9 Å². The van der Waals surface area contributed by atoms with Gasteiger partial charge in [0.2, 0.25) is 0 Å². The molecule has 1 aromatic heterocycles. The molecular formula is C10H17N3O2S. The summed E-state index contributed by atoms with van der Waals surface area (Å²) >= 11 is 1.42. The van der Waals surface area contributed by atoms with E-state index >= 15 is 0 Å². The van der Waals surface area contributed by atoms with E-state index in [0.717, 1.165) is 11.3 Å². The first-order valence-electron chi connectivity index (χ1n) is 5.27. The van der Waals surface area contributed by atoms with E-state index < -0.39 is 6.10 Å². The Morgan fingerprint density at radius 1 is 1.69 bits per heavy atom. The van der Waals surface area contributed by atoms with Gasteiger partial charge in [-0.3, -0.25) is 5.32 Å². The molecule has 90 valence electrons. The maximum atomic E-state index is 11.4. The zero-order valence-corrected chi connectivity index (χ0v) is 10.3. The molecule has 2 amide bonds. The van der Waals surface area contributed by atoms with Gasteiger partial charge in [0.1, 0.15) is 0 Å². The number of nitrogens with zero attached hydrogens (tertiary/aromatic N) is 1. The molecule has 16 heavy (non-hydrogen) atoms. The van der Waals surface area contributed by atoms with Crippen LogP contribution in [0, 0.1) is 6.92 Å². The summed E-state index contributed by atoms with van der Waals surface area (Å²) in [5, 5.41) is 15.2. The molecule has 0 bridgehead atoms. The topological polar surface area (TPSA) is 74.2 Å². The van der Waals surface area contributed by atoms with Crippen LogP contribution in [-0.2, 0) is 0 Å². The van der Waals surface area contributed by atoms with Gasteiger partial charge in [0.15, 0.2) is 5.13 Å². The molecule has 1 heterocycles.